The zero-order valence-electron chi connectivity index (χ0n) is 20.9. The van der Waals surface area contributed by atoms with Gasteiger partial charge in [0.1, 0.15) is 5.75 Å². The number of nitrogens with zero attached hydrogens (tertiary/aromatic N) is 2. The predicted molar refractivity (Wildman–Crippen MR) is 142 cm³/mol. The zero-order valence-corrected chi connectivity index (χ0v) is 22.5. The molecule has 1 aliphatic rings. The molecule has 0 bridgehead atoms. The van der Waals surface area contributed by atoms with Crippen molar-refractivity contribution in [2.24, 2.45) is 4.99 Å². The lowest BCUT2D eigenvalue weighted by Crippen LogP contribution is -2.39. The first-order chi connectivity index (χ1) is 17.8. The average molecular weight is 543 g/mol. The number of hydrogen-bond donors (Lipinski definition) is 1. The maximum Gasteiger partial charge on any atom is 0.338 e. The highest BCUT2D eigenvalue weighted by Crippen LogP contribution is 2.35. The Hall–Kier alpha value is -3.56. The largest absolute Gasteiger partial charge is 0.503 e. The van der Waals surface area contributed by atoms with Crippen molar-refractivity contribution < 1.29 is 24.1 Å². The molecular formula is C27H27ClN2O6S. The van der Waals surface area contributed by atoms with Gasteiger partial charge in [0.25, 0.3) is 5.56 Å². The highest BCUT2D eigenvalue weighted by molar-refractivity contribution is 7.07. The standard InChI is InChI=1S/C27H27ClN2O6S/c1-5-34-18-10-8-17(9-11-18)23-22(26(33)36-7-3)15(4)29-27-30(23)25(32)21(37-27)14-16-12-19(28)24(31)20(13-16)35-6-2/h8-14,23,31H,5-7H2,1-4H3. The van der Waals surface area contributed by atoms with Gasteiger partial charge in [0.2, 0.25) is 0 Å². The molecule has 2 aromatic carbocycles. The number of benzene rings is 2. The SMILES string of the molecule is CCOC(=O)C1=C(C)N=c2sc(=Cc3cc(Cl)c(O)c(OCC)c3)c(=O)n2C1c1ccc(OCC)cc1. The molecule has 8 nitrogen and oxygen atoms in total. The number of carbonyl (C=O) groups is 1. The molecule has 194 valence electrons. The number of thiazole rings is 1. The monoisotopic (exact) mass is 542 g/mol. The van der Waals surface area contributed by atoms with Gasteiger partial charge in [0.05, 0.1) is 46.7 Å². The number of carbonyl (C=O) groups excluding carboxylic acids is 1. The van der Waals surface area contributed by atoms with E-state index in [2.05, 4.69) is 4.99 Å². The third-order valence-corrected chi connectivity index (χ3v) is 6.94. The number of hydrogen-bond acceptors (Lipinski definition) is 8. The van der Waals surface area contributed by atoms with Crippen LogP contribution in [-0.2, 0) is 9.53 Å². The van der Waals surface area contributed by atoms with Gasteiger partial charge in [0, 0.05) is 0 Å². The second kappa shape index (κ2) is 11.2. The molecule has 0 amide bonds. The van der Waals surface area contributed by atoms with E-state index in [0.29, 0.717) is 45.1 Å². The minimum absolute atomic E-state index is 0.109. The first kappa shape index (κ1) is 26.5. The lowest BCUT2D eigenvalue weighted by Gasteiger charge is -2.24. The van der Waals surface area contributed by atoms with Crippen molar-refractivity contribution in [3.05, 3.63) is 83.5 Å². The van der Waals surface area contributed by atoms with Gasteiger partial charge in [-0.05, 0) is 69.2 Å². The Balaban J connectivity index is 1.91. The summed E-state index contributed by atoms with van der Waals surface area (Å²) in [4.78, 5) is 31.8. The highest BCUT2D eigenvalue weighted by Gasteiger charge is 2.33. The molecule has 1 unspecified atom stereocenters. The van der Waals surface area contributed by atoms with Crippen molar-refractivity contribution in [1.29, 1.82) is 0 Å². The molecule has 1 aliphatic heterocycles. The maximum atomic E-state index is 13.7. The molecule has 0 fully saturated rings. The Kier molecular flexibility index (Phi) is 8.04. The second-order valence-corrected chi connectivity index (χ2v) is 9.50. The number of allylic oxidation sites excluding steroid dienone is 1. The summed E-state index contributed by atoms with van der Waals surface area (Å²) in [7, 11) is 0. The molecule has 1 N–H and O–H groups in total. The van der Waals surface area contributed by atoms with E-state index < -0.39 is 12.0 Å². The lowest BCUT2D eigenvalue weighted by molar-refractivity contribution is -0.139. The van der Waals surface area contributed by atoms with Crippen LogP contribution in [0.2, 0.25) is 5.02 Å². The Morgan fingerprint density at radius 1 is 1.14 bits per heavy atom. The molecule has 0 saturated heterocycles. The van der Waals surface area contributed by atoms with Gasteiger partial charge in [0.15, 0.2) is 16.3 Å². The molecular weight excluding hydrogens is 516 g/mol. The molecule has 4 rings (SSSR count). The second-order valence-electron chi connectivity index (χ2n) is 8.09. The van der Waals surface area contributed by atoms with Gasteiger partial charge >= 0.3 is 5.97 Å². The summed E-state index contributed by atoms with van der Waals surface area (Å²) < 4.78 is 18.3. The number of fused-ring (bicyclic) bond motifs is 1. The van der Waals surface area contributed by atoms with E-state index in [1.54, 1.807) is 51.1 Å². The fraction of sp³-hybridized carbons (Fsp3) is 0.296. The van der Waals surface area contributed by atoms with E-state index in [0.717, 1.165) is 5.56 Å². The van der Waals surface area contributed by atoms with Crippen LogP contribution in [0.1, 0.15) is 44.9 Å². The number of aromatic nitrogens is 1. The first-order valence-electron chi connectivity index (χ1n) is 11.9. The Morgan fingerprint density at radius 3 is 2.49 bits per heavy atom. The fourth-order valence-electron chi connectivity index (χ4n) is 4.11. The normalized spacial score (nSPS) is 15.3. The number of phenolic OH excluding ortho intramolecular Hbond substituents is 1. The summed E-state index contributed by atoms with van der Waals surface area (Å²) in [5, 5.41) is 10.3. The molecule has 0 aliphatic carbocycles. The highest BCUT2D eigenvalue weighted by atomic mass is 35.5. The predicted octanol–water partition coefficient (Wildman–Crippen LogP) is 3.95. The van der Waals surface area contributed by atoms with E-state index in [9.17, 15) is 14.7 Å². The summed E-state index contributed by atoms with van der Waals surface area (Å²) in [6.45, 7) is 8.21. The van der Waals surface area contributed by atoms with E-state index >= 15 is 0 Å². The van der Waals surface area contributed by atoms with Gasteiger partial charge in [-0.2, -0.15) is 0 Å². The summed E-state index contributed by atoms with van der Waals surface area (Å²) in [5.41, 5.74) is 1.77. The number of esters is 1. The van der Waals surface area contributed by atoms with Crippen molar-refractivity contribution in [3.63, 3.8) is 0 Å². The van der Waals surface area contributed by atoms with Gasteiger partial charge in [-0.15, -0.1) is 0 Å². The van der Waals surface area contributed by atoms with Gasteiger partial charge in [-0.1, -0.05) is 35.1 Å². The molecule has 0 saturated carbocycles. The minimum atomic E-state index is -0.726. The maximum absolute atomic E-state index is 13.7. The number of halogens is 1. The van der Waals surface area contributed by atoms with Crippen molar-refractivity contribution in [2.75, 3.05) is 19.8 Å². The van der Waals surface area contributed by atoms with Crippen LogP contribution in [0.3, 0.4) is 0 Å². The third-order valence-electron chi connectivity index (χ3n) is 5.67. The van der Waals surface area contributed by atoms with Crippen LogP contribution in [0.15, 0.2) is 57.5 Å². The van der Waals surface area contributed by atoms with Gasteiger partial charge in [-0.3, -0.25) is 9.36 Å². The molecule has 1 atom stereocenters. The van der Waals surface area contributed by atoms with Crippen LogP contribution >= 0.6 is 22.9 Å². The van der Waals surface area contributed by atoms with Crippen molar-refractivity contribution >= 4 is 35.0 Å². The summed E-state index contributed by atoms with van der Waals surface area (Å²) in [6.07, 6.45) is 1.66. The fourth-order valence-corrected chi connectivity index (χ4v) is 5.38. The summed E-state index contributed by atoms with van der Waals surface area (Å²) in [5.74, 6) is 0.226. The molecule has 0 spiro atoms. The Morgan fingerprint density at radius 2 is 1.84 bits per heavy atom. The van der Waals surface area contributed by atoms with Crippen LogP contribution in [0.5, 0.6) is 17.2 Å². The van der Waals surface area contributed by atoms with Crippen molar-refractivity contribution in [1.82, 2.24) is 4.57 Å². The lowest BCUT2D eigenvalue weighted by atomic mass is 9.96. The van der Waals surface area contributed by atoms with Crippen LogP contribution in [0.4, 0.5) is 0 Å². The van der Waals surface area contributed by atoms with Crippen molar-refractivity contribution in [2.45, 2.75) is 33.7 Å². The Labute approximate surface area is 222 Å². The van der Waals surface area contributed by atoms with E-state index in [4.69, 9.17) is 25.8 Å². The number of phenols is 1. The molecule has 0 radical (unpaired) electrons. The van der Waals surface area contributed by atoms with E-state index in [1.165, 1.54) is 15.9 Å². The molecule has 1 aromatic heterocycles. The van der Waals surface area contributed by atoms with Gasteiger partial charge < -0.3 is 19.3 Å². The van der Waals surface area contributed by atoms with Gasteiger partial charge in [-0.25, -0.2) is 9.79 Å². The zero-order chi connectivity index (χ0) is 26.7. The van der Waals surface area contributed by atoms with Crippen LogP contribution in [0.25, 0.3) is 6.08 Å². The third kappa shape index (κ3) is 5.28. The van der Waals surface area contributed by atoms with Crippen molar-refractivity contribution in [3.8, 4) is 17.2 Å². The first-order valence-corrected chi connectivity index (χ1v) is 13.1. The average Bonchev–Trinajstić information content (AvgIpc) is 3.16. The quantitative estimate of drug-likeness (QED) is 0.433. The van der Waals surface area contributed by atoms with Crippen LogP contribution < -0.4 is 24.4 Å². The molecule has 3 aromatic rings. The molecule has 2 heterocycles. The smallest absolute Gasteiger partial charge is 0.338 e. The van der Waals surface area contributed by atoms with Crippen LogP contribution in [0, 0.1) is 0 Å². The minimum Gasteiger partial charge on any atom is -0.503 e. The topological polar surface area (TPSA) is 99.4 Å². The number of rotatable bonds is 8. The summed E-state index contributed by atoms with van der Waals surface area (Å²) in [6, 6.07) is 9.72. The summed E-state index contributed by atoms with van der Waals surface area (Å²) >= 11 is 7.38. The van der Waals surface area contributed by atoms with E-state index in [1.807, 2.05) is 19.1 Å². The van der Waals surface area contributed by atoms with E-state index in [-0.39, 0.29) is 28.7 Å². The number of aromatic hydroxyl groups is 1. The molecule has 10 heteroatoms. The number of ether oxygens (including phenoxy) is 3. The van der Waals surface area contributed by atoms with Crippen LogP contribution in [-0.4, -0.2) is 35.5 Å². The molecule has 37 heavy (non-hydrogen) atoms. The Bertz CT molecular complexity index is 1540.